The van der Waals surface area contributed by atoms with Crippen LogP contribution in [-0.4, -0.2) is 32.1 Å². The van der Waals surface area contributed by atoms with E-state index in [1.165, 1.54) is 5.56 Å². The molecule has 0 aliphatic rings. The van der Waals surface area contributed by atoms with Gasteiger partial charge in [-0.05, 0) is 38.4 Å². The molecule has 1 aromatic carbocycles. The van der Waals surface area contributed by atoms with Gasteiger partial charge in [0, 0.05) is 13.1 Å². The number of ether oxygens (including phenoxy) is 1. The molecule has 0 saturated heterocycles. The van der Waals surface area contributed by atoms with E-state index >= 15 is 0 Å². The molecular weight excluding hydrogens is 276 g/mol. The summed E-state index contributed by atoms with van der Waals surface area (Å²) in [5.74, 6) is 0.727. The van der Waals surface area contributed by atoms with Gasteiger partial charge in [-0.1, -0.05) is 24.6 Å². The highest BCUT2D eigenvalue weighted by atomic mass is 35.5. The maximum absolute atomic E-state index is 11.6. The molecule has 0 heterocycles. The summed E-state index contributed by atoms with van der Waals surface area (Å²) < 4.78 is 5.61. The molecule has 20 heavy (non-hydrogen) atoms. The summed E-state index contributed by atoms with van der Waals surface area (Å²) in [5.41, 5.74) is 3.34. The fourth-order valence-corrected chi connectivity index (χ4v) is 2.05. The summed E-state index contributed by atoms with van der Waals surface area (Å²) in [7, 11) is 0. The van der Waals surface area contributed by atoms with Gasteiger partial charge in [-0.15, -0.1) is 12.4 Å². The van der Waals surface area contributed by atoms with Gasteiger partial charge in [-0.2, -0.15) is 0 Å². The Morgan fingerprint density at radius 3 is 2.30 bits per heavy atom. The monoisotopic (exact) mass is 300 g/mol. The third kappa shape index (κ3) is 6.26. The SMILES string of the molecule is CCNCCNC(=O)COc1c(C)cc(C)cc1C.Cl. The van der Waals surface area contributed by atoms with Crippen LogP contribution in [0, 0.1) is 20.8 Å². The molecule has 4 nitrogen and oxygen atoms in total. The Morgan fingerprint density at radius 2 is 1.75 bits per heavy atom. The van der Waals surface area contributed by atoms with Gasteiger partial charge in [0.15, 0.2) is 6.61 Å². The Kier molecular flexibility index (Phi) is 9.01. The maximum Gasteiger partial charge on any atom is 0.257 e. The van der Waals surface area contributed by atoms with Crippen molar-refractivity contribution in [3.8, 4) is 5.75 Å². The van der Waals surface area contributed by atoms with Crippen molar-refractivity contribution in [3.63, 3.8) is 0 Å². The molecule has 1 rings (SSSR count). The van der Waals surface area contributed by atoms with E-state index in [0.717, 1.165) is 30.0 Å². The number of rotatable bonds is 7. The number of halogens is 1. The number of nitrogens with one attached hydrogen (secondary N) is 2. The summed E-state index contributed by atoms with van der Waals surface area (Å²) in [6.07, 6.45) is 0. The smallest absolute Gasteiger partial charge is 0.257 e. The van der Waals surface area contributed by atoms with Gasteiger partial charge in [0.25, 0.3) is 5.91 Å². The van der Waals surface area contributed by atoms with E-state index < -0.39 is 0 Å². The summed E-state index contributed by atoms with van der Waals surface area (Å²) in [5, 5.41) is 5.96. The third-order valence-corrected chi connectivity index (χ3v) is 2.83. The lowest BCUT2D eigenvalue weighted by Crippen LogP contribution is -2.34. The van der Waals surface area contributed by atoms with E-state index in [-0.39, 0.29) is 24.9 Å². The standard InChI is InChI=1S/C15H24N2O2.ClH/c1-5-16-6-7-17-14(18)10-19-15-12(3)8-11(2)9-13(15)4;/h8-9,16H,5-7,10H2,1-4H3,(H,17,18);1H. The van der Waals surface area contributed by atoms with Crippen LogP contribution in [0.25, 0.3) is 0 Å². The Morgan fingerprint density at radius 1 is 1.15 bits per heavy atom. The van der Waals surface area contributed by atoms with Crippen LogP contribution in [0.5, 0.6) is 5.75 Å². The highest BCUT2D eigenvalue weighted by Crippen LogP contribution is 2.24. The van der Waals surface area contributed by atoms with E-state index in [2.05, 4.69) is 29.7 Å². The number of likely N-dealkylation sites (N-methyl/N-ethyl adjacent to an activating group) is 1. The van der Waals surface area contributed by atoms with E-state index in [1.54, 1.807) is 0 Å². The fraction of sp³-hybridized carbons (Fsp3) is 0.533. The number of hydrogen-bond acceptors (Lipinski definition) is 3. The average Bonchev–Trinajstić information content (AvgIpc) is 2.33. The minimum absolute atomic E-state index is 0. The molecule has 0 bridgehead atoms. The topological polar surface area (TPSA) is 50.4 Å². The number of benzene rings is 1. The second kappa shape index (κ2) is 9.61. The van der Waals surface area contributed by atoms with Crippen LogP contribution in [0.4, 0.5) is 0 Å². The van der Waals surface area contributed by atoms with Crippen molar-refractivity contribution in [1.29, 1.82) is 0 Å². The second-order valence-electron chi connectivity index (χ2n) is 4.72. The third-order valence-electron chi connectivity index (χ3n) is 2.83. The largest absolute Gasteiger partial charge is 0.483 e. The average molecular weight is 301 g/mol. The summed E-state index contributed by atoms with van der Waals surface area (Å²) in [6.45, 7) is 10.5. The molecule has 0 spiro atoms. The zero-order valence-electron chi connectivity index (χ0n) is 12.7. The predicted molar refractivity (Wildman–Crippen MR) is 84.9 cm³/mol. The molecule has 114 valence electrons. The highest BCUT2D eigenvalue weighted by Gasteiger charge is 2.07. The van der Waals surface area contributed by atoms with Crippen molar-refractivity contribution in [2.24, 2.45) is 0 Å². The van der Waals surface area contributed by atoms with Crippen LogP contribution in [-0.2, 0) is 4.79 Å². The minimum atomic E-state index is -0.0859. The van der Waals surface area contributed by atoms with Gasteiger partial charge in [0.1, 0.15) is 5.75 Å². The van der Waals surface area contributed by atoms with Gasteiger partial charge in [-0.3, -0.25) is 4.79 Å². The molecule has 5 heteroatoms. The lowest BCUT2D eigenvalue weighted by Gasteiger charge is -2.13. The highest BCUT2D eigenvalue weighted by molar-refractivity contribution is 5.85. The molecule has 0 fully saturated rings. The molecule has 2 N–H and O–H groups in total. The Labute approximate surface area is 127 Å². The van der Waals surface area contributed by atoms with Crippen LogP contribution in [0.15, 0.2) is 12.1 Å². The van der Waals surface area contributed by atoms with Crippen LogP contribution >= 0.6 is 12.4 Å². The summed E-state index contributed by atoms with van der Waals surface area (Å²) in [6, 6.07) is 4.12. The van der Waals surface area contributed by atoms with E-state index in [9.17, 15) is 4.79 Å². The van der Waals surface area contributed by atoms with Gasteiger partial charge in [0.05, 0.1) is 0 Å². The first-order valence-corrected chi connectivity index (χ1v) is 6.72. The Balaban J connectivity index is 0.00000361. The zero-order valence-corrected chi connectivity index (χ0v) is 13.5. The van der Waals surface area contributed by atoms with Crippen molar-refractivity contribution in [2.45, 2.75) is 27.7 Å². The van der Waals surface area contributed by atoms with Gasteiger partial charge < -0.3 is 15.4 Å². The molecule has 1 aromatic rings. The van der Waals surface area contributed by atoms with Crippen molar-refractivity contribution in [3.05, 3.63) is 28.8 Å². The number of aryl methyl sites for hydroxylation is 3. The predicted octanol–water partition coefficient (Wildman–Crippen LogP) is 2.14. The Bertz CT molecular complexity index is 413. The van der Waals surface area contributed by atoms with Gasteiger partial charge in [-0.25, -0.2) is 0 Å². The molecule has 0 saturated carbocycles. The van der Waals surface area contributed by atoms with Crippen LogP contribution in [0.1, 0.15) is 23.6 Å². The first-order valence-electron chi connectivity index (χ1n) is 6.72. The normalized spacial score (nSPS) is 9.80. The molecule has 0 aromatic heterocycles. The van der Waals surface area contributed by atoms with E-state index in [0.29, 0.717) is 6.54 Å². The maximum atomic E-state index is 11.6. The summed E-state index contributed by atoms with van der Waals surface area (Å²) >= 11 is 0. The van der Waals surface area contributed by atoms with E-state index in [4.69, 9.17) is 4.74 Å². The number of carbonyl (C=O) groups excluding carboxylic acids is 1. The molecular formula is C15H25ClN2O2. The fourth-order valence-electron chi connectivity index (χ4n) is 2.05. The summed E-state index contributed by atoms with van der Waals surface area (Å²) in [4.78, 5) is 11.6. The quantitative estimate of drug-likeness (QED) is 0.759. The van der Waals surface area contributed by atoms with Gasteiger partial charge >= 0.3 is 0 Å². The number of carbonyl (C=O) groups is 1. The van der Waals surface area contributed by atoms with Crippen LogP contribution in [0.3, 0.4) is 0 Å². The first kappa shape index (κ1) is 18.7. The van der Waals surface area contributed by atoms with Crippen LogP contribution in [0.2, 0.25) is 0 Å². The number of amides is 1. The van der Waals surface area contributed by atoms with Crippen molar-refractivity contribution < 1.29 is 9.53 Å². The van der Waals surface area contributed by atoms with Crippen molar-refractivity contribution in [1.82, 2.24) is 10.6 Å². The zero-order chi connectivity index (χ0) is 14.3. The van der Waals surface area contributed by atoms with Crippen LogP contribution < -0.4 is 15.4 Å². The minimum Gasteiger partial charge on any atom is -0.483 e. The van der Waals surface area contributed by atoms with E-state index in [1.807, 2.05) is 20.8 Å². The first-order chi connectivity index (χ1) is 9.04. The lowest BCUT2D eigenvalue weighted by atomic mass is 10.1. The molecule has 0 atom stereocenters. The van der Waals surface area contributed by atoms with Crippen molar-refractivity contribution >= 4 is 18.3 Å². The number of hydrogen-bond donors (Lipinski definition) is 2. The Hall–Kier alpha value is -1.26. The molecule has 0 unspecified atom stereocenters. The molecule has 1 amide bonds. The van der Waals surface area contributed by atoms with Crippen molar-refractivity contribution in [2.75, 3.05) is 26.2 Å². The molecule has 0 aliphatic heterocycles. The molecule has 0 aliphatic carbocycles. The lowest BCUT2D eigenvalue weighted by molar-refractivity contribution is -0.123. The second-order valence-corrected chi connectivity index (χ2v) is 4.72. The van der Waals surface area contributed by atoms with Gasteiger partial charge in [0.2, 0.25) is 0 Å². The molecule has 0 radical (unpaired) electrons.